The maximum Gasteiger partial charge on any atom is 0.150 e. The van der Waals surface area contributed by atoms with Gasteiger partial charge in [-0.2, -0.15) is 0 Å². The van der Waals surface area contributed by atoms with E-state index in [1.807, 2.05) is 13.8 Å². The van der Waals surface area contributed by atoms with Crippen molar-refractivity contribution in [1.29, 1.82) is 0 Å². The highest BCUT2D eigenvalue weighted by Crippen LogP contribution is 2.00. The molecule has 2 nitrogen and oxygen atoms in total. The lowest BCUT2D eigenvalue weighted by atomic mass is 10.4. The van der Waals surface area contributed by atoms with Crippen molar-refractivity contribution in [2.24, 2.45) is 0 Å². The molecule has 0 aliphatic rings. The summed E-state index contributed by atoms with van der Waals surface area (Å²) in [6, 6.07) is 0. The molecule has 0 aliphatic heterocycles. The molecule has 0 N–H and O–H groups in total. The van der Waals surface area contributed by atoms with Crippen LogP contribution in [0.4, 0.5) is 0 Å². The van der Waals surface area contributed by atoms with Crippen molar-refractivity contribution in [3.8, 4) is 0 Å². The first-order chi connectivity index (χ1) is 7.04. The highest BCUT2D eigenvalue weighted by atomic mass is 32.2. The fourth-order valence-corrected chi connectivity index (χ4v) is 2.49. The topological polar surface area (TPSA) is 34.1 Å². The summed E-state index contributed by atoms with van der Waals surface area (Å²) in [7, 11) is -2.71. The molecule has 0 bridgehead atoms. The van der Waals surface area contributed by atoms with Crippen LogP contribution >= 0.6 is 0 Å². The quantitative estimate of drug-likeness (QED) is 0.673. The average Bonchev–Trinajstić information content (AvgIpc) is 2.24. The summed E-state index contributed by atoms with van der Waals surface area (Å²) in [6.45, 7) is 8.38. The summed E-state index contributed by atoms with van der Waals surface area (Å²) < 4.78 is 22.3. The minimum Gasteiger partial charge on any atom is -0.229 e. The zero-order valence-corrected chi connectivity index (χ0v) is 11.7. The molecule has 0 rings (SSSR count). The van der Waals surface area contributed by atoms with Gasteiger partial charge in [0.25, 0.3) is 0 Å². The molecule has 0 atom stereocenters. The molecule has 0 saturated heterocycles. The number of hydrogen-bond acceptors (Lipinski definition) is 2. The number of hydrogen-bond donors (Lipinski definition) is 0. The van der Waals surface area contributed by atoms with Gasteiger partial charge in [0.05, 0.1) is 11.5 Å². The van der Waals surface area contributed by atoms with E-state index in [0.717, 1.165) is 25.7 Å². The van der Waals surface area contributed by atoms with Crippen LogP contribution in [0.5, 0.6) is 0 Å². The monoisotopic (exact) mass is 236 g/mol. The Morgan fingerprint density at radius 1 is 0.667 bits per heavy atom. The van der Waals surface area contributed by atoms with Gasteiger partial charge >= 0.3 is 0 Å². The van der Waals surface area contributed by atoms with Gasteiger partial charge in [-0.25, -0.2) is 8.42 Å². The fourth-order valence-electron chi connectivity index (χ4n) is 0.831. The van der Waals surface area contributed by atoms with Crippen LogP contribution in [0.15, 0.2) is 0 Å². The summed E-state index contributed by atoms with van der Waals surface area (Å²) in [6.07, 6.45) is 6.19. The highest BCUT2D eigenvalue weighted by molar-refractivity contribution is 7.91. The zero-order chi connectivity index (χ0) is 12.2. The van der Waals surface area contributed by atoms with Crippen molar-refractivity contribution in [2.45, 2.75) is 66.2 Å². The van der Waals surface area contributed by atoms with Crippen LogP contribution in [0, 0.1) is 0 Å². The third-order valence-electron chi connectivity index (χ3n) is 2.12. The summed E-state index contributed by atoms with van der Waals surface area (Å²) >= 11 is 0. The second-order valence-corrected chi connectivity index (χ2v) is 6.16. The van der Waals surface area contributed by atoms with E-state index in [1.54, 1.807) is 0 Å². The van der Waals surface area contributed by atoms with E-state index >= 15 is 0 Å². The highest BCUT2D eigenvalue weighted by Gasteiger charge is 2.07. The SMILES string of the molecule is CCCC.CCCCS(=O)(=O)CCCC. The van der Waals surface area contributed by atoms with Crippen LogP contribution in [0.2, 0.25) is 0 Å². The van der Waals surface area contributed by atoms with E-state index in [2.05, 4.69) is 13.8 Å². The molecule has 0 fully saturated rings. The van der Waals surface area contributed by atoms with Crippen LogP contribution in [0.1, 0.15) is 66.2 Å². The van der Waals surface area contributed by atoms with Gasteiger partial charge in [-0.1, -0.05) is 53.4 Å². The molecule has 0 saturated carbocycles. The van der Waals surface area contributed by atoms with E-state index in [4.69, 9.17) is 0 Å². The van der Waals surface area contributed by atoms with Gasteiger partial charge < -0.3 is 0 Å². The minimum atomic E-state index is -2.71. The lowest BCUT2D eigenvalue weighted by Gasteiger charge is -2.00. The van der Waals surface area contributed by atoms with Gasteiger partial charge in [0, 0.05) is 0 Å². The molecule has 0 unspecified atom stereocenters. The van der Waals surface area contributed by atoms with Gasteiger partial charge in [-0.3, -0.25) is 0 Å². The summed E-state index contributed by atoms with van der Waals surface area (Å²) in [4.78, 5) is 0. The number of sulfone groups is 1. The van der Waals surface area contributed by atoms with Gasteiger partial charge in [-0.15, -0.1) is 0 Å². The maximum absolute atomic E-state index is 11.1. The Kier molecular flexibility index (Phi) is 13.9. The van der Waals surface area contributed by atoms with Crippen LogP contribution < -0.4 is 0 Å². The summed E-state index contributed by atoms with van der Waals surface area (Å²) in [5.74, 6) is 0.757. The molecule has 0 aromatic heterocycles. The van der Waals surface area contributed by atoms with Crippen molar-refractivity contribution in [3.63, 3.8) is 0 Å². The lowest BCUT2D eigenvalue weighted by Crippen LogP contribution is -2.10. The normalized spacial score (nSPS) is 10.7. The molecule has 0 spiro atoms. The molecule has 0 aromatic rings. The predicted octanol–water partition coefficient (Wildman–Crippen LogP) is 3.81. The van der Waals surface area contributed by atoms with Crippen molar-refractivity contribution < 1.29 is 8.42 Å². The third-order valence-corrected chi connectivity index (χ3v) is 3.94. The maximum atomic E-state index is 11.1. The molecule has 15 heavy (non-hydrogen) atoms. The van der Waals surface area contributed by atoms with Crippen LogP contribution in [-0.4, -0.2) is 19.9 Å². The van der Waals surface area contributed by atoms with Crippen LogP contribution in [0.3, 0.4) is 0 Å². The second-order valence-electron chi connectivity index (χ2n) is 3.86. The van der Waals surface area contributed by atoms with E-state index in [-0.39, 0.29) is 0 Å². The molecular formula is C12H28O2S. The Balaban J connectivity index is 0. The van der Waals surface area contributed by atoms with Gasteiger partial charge in [0.15, 0.2) is 0 Å². The molecule has 0 radical (unpaired) electrons. The first kappa shape index (κ1) is 17.3. The number of unbranched alkanes of at least 4 members (excludes halogenated alkanes) is 3. The zero-order valence-electron chi connectivity index (χ0n) is 10.9. The van der Waals surface area contributed by atoms with Crippen molar-refractivity contribution >= 4 is 9.84 Å². The van der Waals surface area contributed by atoms with E-state index in [9.17, 15) is 8.42 Å². The lowest BCUT2D eigenvalue weighted by molar-refractivity contribution is 0.589. The standard InChI is InChI=1S/C8H18O2S.C4H10/c1-3-5-7-11(9,10)8-6-4-2;1-3-4-2/h3-8H2,1-2H3;3-4H2,1-2H3. The molecule has 0 heterocycles. The summed E-state index contributed by atoms with van der Waals surface area (Å²) in [5.41, 5.74) is 0. The largest absolute Gasteiger partial charge is 0.229 e. The van der Waals surface area contributed by atoms with Crippen LogP contribution in [0.25, 0.3) is 0 Å². The van der Waals surface area contributed by atoms with Crippen molar-refractivity contribution in [2.75, 3.05) is 11.5 Å². The molecule has 3 heteroatoms. The predicted molar refractivity (Wildman–Crippen MR) is 69.1 cm³/mol. The smallest absolute Gasteiger partial charge is 0.150 e. The minimum absolute atomic E-state index is 0.378. The third kappa shape index (κ3) is 16.6. The Morgan fingerprint density at radius 2 is 1.00 bits per heavy atom. The number of rotatable bonds is 7. The molecule has 94 valence electrons. The Hall–Kier alpha value is -0.0500. The second kappa shape index (κ2) is 12.0. The Labute approximate surface area is 96.4 Å². The first-order valence-corrected chi connectivity index (χ1v) is 8.06. The summed E-state index contributed by atoms with van der Waals surface area (Å²) in [5, 5.41) is 0. The first-order valence-electron chi connectivity index (χ1n) is 6.24. The van der Waals surface area contributed by atoms with Gasteiger partial charge in [0.2, 0.25) is 0 Å². The molecular weight excluding hydrogens is 208 g/mol. The molecule has 0 amide bonds. The Morgan fingerprint density at radius 3 is 1.20 bits per heavy atom. The van der Waals surface area contributed by atoms with E-state index < -0.39 is 9.84 Å². The molecule has 0 aromatic carbocycles. The molecule has 0 aliphatic carbocycles. The van der Waals surface area contributed by atoms with Crippen molar-refractivity contribution in [3.05, 3.63) is 0 Å². The Bertz CT molecular complexity index is 180. The fraction of sp³-hybridized carbons (Fsp3) is 1.00. The van der Waals surface area contributed by atoms with E-state index in [0.29, 0.717) is 11.5 Å². The van der Waals surface area contributed by atoms with Crippen LogP contribution in [-0.2, 0) is 9.84 Å². The van der Waals surface area contributed by atoms with Crippen molar-refractivity contribution in [1.82, 2.24) is 0 Å². The van der Waals surface area contributed by atoms with E-state index in [1.165, 1.54) is 12.8 Å². The average molecular weight is 236 g/mol. The van der Waals surface area contributed by atoms with Gasteiger partial charge in [-0.05, 0) is 12.8 Å². The van der Waals surface area contributed by atoms with Gasteiger partial charge in [0.1, 0.15) is 9.84 Å².